The maximum absolute atomic E-state index is 12.7. The molecule has 2 aromatic carbocycles. The molecule has 9 nitrogen and oxygen atoms in total. The lowest BCUT2D eigenvalue weighted by Crippen LogP contribution is -2.52. The number of aliphatic hydroxyl groups excluding tert-OH is 1. The first-order valence-corrected chi connectivity index (χ1v) is 9.05. The van der Waals surface area contributed by atoms with E-state index >= 15 is 0 Å². The molecule has 2 aromatic rings. The molecule has 3 N–H and O–H groups in total. The highest BCUT2D eigenvalue weighted by molar-refractivity contribution is 6.00. The number of nitro benzene ring substituents is 1. The lowest BCUT2D eigenvalue weighted by atomic mass is 10.1. The lowest BCUT2D eigenvalue weighted by Gasteiger charge is -2.21. The number of carbonyl (C=O) groups is 2. The van der Waals surface area contributed by atoms with Crippen molar-refractivity contribution in [2.75, 3.05) is 6.54 Å². The van der Waals surface area contributed by atoms with E-state index in [9.17, 15) is 24.8 Å². The second kappa shape index (κ2) is 10.2. The zero-order valence-corrected chi connectivity index (χ0v) is 16.1. The summed E-state index contributed by atoms with van der Waals surface area (Å²) < 4.78 is 5.66. The molecule has 0 aliphatic heterocycles. The van der Waals surface area contributed by atoms with E-state index in [4.69, 9.17) is 4.74 Å². The van der Waals surface area contributed by atoms with Crippen molar-refractivity contribution in [2.45, 2.75) is 32.6 Å². The molecule has 0 heterocycles. The monoisotopic (exact) mass is 401 g/mol. The Morgan fingerprint density at radius 2 is 1.90 bits per heavy atom. The van der Waals surface area contributed by atoms with E-state index in [1.54, 1.807) is 6.92 Å². The number of benzene rings is 2. The molecule has 0 unspecified atom stereocenters. The Labute approximate surface area is 167 Å². The summed E-state index contributed by atoms with van der Waals surface area (Å²) in [5.41, 5.74) is 0.594. The quantitative estimate of drug-likeness (QED) is 0.434. The number of ether oxygens (including phenoxy) is 1. The summed E-state index contributed by atoms with van der Waals surface area (Å²) >= 11 is 0. The summed E-state index contributed by atoms with van der Waals surface area (Å²) in [7, 11) is 0. The molecule has 154 valence electrons. The topological polar surface area (TPSA) is 131 Å². The number of amides is 2. The van der Waals surface area contributed by atoms with Crippen LogP contribution in [0.4, 0.5) is 5.69 Å². The fraction of sp³-hybridized carbons (Fsp3) is 0.300. The predicted octanol–water partition coefficient (Wildman–Crippen LogP) is 1.79. The van der Waals surface area contributed by atoms with Crippen LogP contribution in [0.1, 0.15) is 29.8 Å². The molecule has 9 heteroatoms. The van der Waals surface area contributed by atoms with Crippen LogP contribution < -0.4 is 15.4 Å². The van der Waals surface area contributed by atoms with Crippen molar-refractivity contribution < 1.29 is 24.4 Å². The van der Waals surface area contributed by atoms with Gasteiger partial charge in [-0.15, -0.1) is 0 Å². The largest absolute Gasteiger partial charge is 0.488 e. The third kappa shape index (κ3) is 6.01. The number of aliphatic hydroxyl groups is 1. The zero-order chi connectivity index (χ0) is 21.4. The number of likely N-dealkylation sites (N-methyl/N-ethyl adjacent to an activating group) is 1. The summed E-state index contributed by atoms with van der Waals surface area (Å²) in [5, 5.41) is 25.9. The number of hydrogen-bond donors (Lipinski definition) is 3. The number of carbonyl (C=O) groups excluding carboxylic acids is 2. The van der Waals surface area contributed by atoms with Crippen molar-refractivity contribution in [1.82, 2.24) is 10.6 Å². The Morgan fingerprint density at radius 3 is 2.48 bits per heavy atom. The van der Waals surface area contributed by atoms with Gasteiger partial charge in [-0.3, -0.25) is 19.7 Å². The Hall–Kier alpha value is -3.46. The van der Waals surface area contributed by atoms with Gasteiger partial charge in [0.1, 0.15) is 18.4 Å². The van der Waals surface area contributed by atoms with Gasteiger partial charge in [0, 0.05) is 12.6 Å². The Bertz CT molecular complexity index is 870. The highest BCUT2D eigenvalue weighted by atomic mass is 16.6. The standard InChI is InChI=1S/C20H23N3O6/c1-3-21-20(26)18(13(2)24)22-19(25)16-10-9-15(23(27)28)11-17(16)29-12-14-7-5-4-6-8-14/h4-11,13,18,24H,3,12H2,1-2H3,(H,21,26)(H,22,25)/t13-,18+/m1/s1. The van der Waals surface area contributed by atoms with E-state index in [-0.39, 0.29) is 23.6 Å². The molecular weight excluding hydrogens is 378 g/mol. The third-order valence-electron chi connectivity index (χ3n) is 4.06. The van der Waals surface area contributed by atoms with Gasteiger partial charge >= 0.3 is 0 Å². The molecule has 0 spiro atoms. The van der Waals surface area contributed by atoms with Crippen LogP contribution in [0.2, 0.25) is 0 Å². The average Bonchev–Trinajstić information content (AvgIpc) is 2.70. The minimum Gasteiger partial charge on any atom is -0.488 e. The molecule has 29 heavy (non-hydrogen) atoms. The molecule has 0 fully saturated rings. The Balaban J connectivity index is 2.28. The van der Waals surface area contributed by atoms with Gasteiger partial charge in [-0.25, -0.2) is 0 Å². The van der Waals surface area contributed by atoms with Crippen molar-refractivity contribution in [3.05, 3.63) is 69.8 Å². The smallest absolute Gasteiger partial charge is 0.273 e. The molecule has 2 atom stereocenters. The van der Waals surface area contributed by atoms with Gasteiger partial charge in [-0.05, 0) is 25.5 Å². The highest BCUT2D eigenvalue weighted by Gasteiger charge is 2.27. The SMILES string of the molecule is CCNC(=O)[C@@H](NC(=O)c1ccc([N+](=O)[O-])cc1OCc1ccccc1)[C@@H](C)O. The maximum atomic E-state index is 12.7. The fourth-order valence-corrected chi connectivity index (χ4v) is 2.58. The Morgan fingerprint density at radius 1 is 1.21 bits per heavy atom. The minimum absolute atomic E-state index is 0.000737. The van der Waals surface area contributed by atoms with Crippen LogP contribution in [0.25, 0.3) is 0 Å². The van der Waals surface area contributed by atoms with Gasteiger partial charge in [0.15, 0.2) is 0 Å². The lowest BCUT2D eigenvalue weighted by molar-refractivity contribution is -0.384. The van der Waals surface area contributed by atoms with E-state index in [0.29, 0.717) is 6.54 Å². The van der Waals surface area contributed by atoms with Crippen molar-refractivity contribution in [3.63, 3.8) is 0 Å². The zero-order valence-electron chi connectivity index (χ0n) is 16.1. The van der Waals surface area contributed by atoms with Crippen LogP contribution in [0.3, 0.4) is 0 Å². The third-order valence-corrected chi connectivity index (χ3v) is 4.06. The van der Waals surface area contributed by atoms with Gasteiger partial charge in [0.2, 0.25) is 5.91 Å². The molecule has 0 aliphatic rings. The van der Waals surface area contributed by atoms with Crippen molar-refractivity contribution in [1.29, 1.82) is 0 Å². The fourth-order valence-electron chi connectivity index (χ4n) is 2.58. The van der Waals surface area contributed by atoms with Gasteiger partial charge in [-0.2, -0.15) is 0 Å². The van der Waals surface area contributed by atoms with E-state index in [1.165, 1.54) is 19.1 Å². The molecule has 0 saturated carbocycles. The second-order valence-corrected chi connectivity index (χ2v) is 6.30. The summed E-state index contributed by atoms with van der Waals surface area (Å²) in [6, 6.07) is 11.5. The normalized spacial score (nSPS) is 12.5. The van der Waals surface area contributed by atoms with Crippen molar-refractivity contribution >= 4 is 17.5 Å². The minimum atomic E-state index is -1.18. The summed E-state index contributed by atoms with van der Waals surface area (Å²) in [5.74, 6) is -1.23. The summed E-state index contributed by atoms with van der Waals surface area (Å²) in [4.78, 5) is 35.3. The van der Waals surface area contributed by atoms with Gasteiger partial charge < -0.3 is 20.5 Å². The molecule has 2 rings (SSSR count). The number of nitro groups is 1. The van der Waals surface area contributed by atoms with Crippen LogP contribution >= 0.6 is 0 Å². The predicted molar refractivity (Wildman–Crippen MR) is 105 cm³/mol. The number of rotatable bonds is 9. The number of hydrogen-bond acceptors (Lipinski definition) is 6. The van der Waals surface area contributed by atoms with Crippen LogP contribution in [0.5, 0.6) is 5.75 Å². The number of non-ortho nitro benzene ring substituents is 1. The Kier molecular flexibility index (Phi) is 7.67. The summed E-state index contributed by atoms with van der Waals surface area (Å²) in [6.45, 7) is 3.52. The number of nitrogens with zero attached hydrogens (tertiary/aromatic N) is 1. The first-order valence-electron chi connectivity index (χ1n) is 9.05. The summed E-state index contributed by atoms with van der Waals surface area (Å²) in [6.07, 6.45) is -1.14. The van der Waals surface area contributed by atoms with E-state index in [2.05, 4.69) is 10.6 Å². The average molecular weight is 401 g/mol. The molecular formula is C20H23N3O6. The first-order chi connectivity index (χ1) is 13.8. The van der Waals surface area contributed by atoms with Crippen LogP contribution in [-0.2, 0) is 11.4 Å². The highest BCUT2D eigenvalue weighted by Crippen LogP contribution is 2.26. The molecule has 2 amide bonds. The van der Waals surface area contributed by atoms with E-state index in [0.717, 1.165) is 11.6 Å². The van der Waals surface area contributed by atoms with E-state index < -0.39 is 28.9 Å². The maximum Gasteiger partial charge on any atom is 0.273 e. The van der Waals surface area contributed by atoms with Crippen LogP contribution in [0.15, 0.2) is 48.5 Å². The van der Waals surface area contributed by atoms with Crippen LogP contribution in [0, 0.1) is 10.1 Å². The molecule has 0 aliphatic carbocycles. The van der Waals surface area contributed by atoms with Gasteiger partial charge in [0.05, 0.1) is 22.7 Å². The molecule has 0 bridgehead atoms. The van der Waals surface area contributed by atoms with Crippen molar-refractivity contribution in [2.24, 2.45) is 0 Å². The van der Waals surface area contributed by atoms with Crippen LogP contribution in [-0.4, -0.2) is 40.5 Å². The first kappa shape index (κ1) is 21.8. The van der Waals surface area contributed by atoms with E-state index in [1.807, 2.05) is 30.3 Å². The van der Waals surface area contributed by atoms with Gasteiger partial charge in [-0.1, -0.05) is 30.3 Å². The molecule has 0 aromatic heterocycles. The number of nitrogens with one attached hydrogen (secondary N) is 2. The van der Waals surface area contributed by atoms with Crippen molar-refractivity contribution in [3.8, 4) is 5.75 Å². The second-order valence-electron chi connectivity index (χ2n) is 6.30. The van der Waals surface area contributed by atoms with Gasteiger partial charge in [0.25, 0.3) is 11.6 Å². The molecule has 0 saturated heterocycles. The molecule has 0 radical (unpaired) electrons.